The molecule has 2 heterocycles. The van der Waals surface area contributed by atoms with Crippen LogP contribution in [0.4, 0.5) is 10.2 Å². The third kappa shape index (κ3) is 3.92. The molecule has 0 amide bonds. The van der Waals surface area contributed by atoms with Crippen molar-refractivity contribution in [3.8, 4) is 0 Å². The summed E-state index contributed by atoms with van der Waals surface area (Å²) in [5, 5.41) is 3.25. The van der Waals surface area contributed by atoms with Crippen LogP contribution >= 0.6 is 0 Å². The molecule has 0 aliphatic carbocycles. The van der Waals surface area contributed by atoms with E-state index in [9.17, 15) is 4.39 Å². The van der Waals surface area contributed by atoms with E-state index in [1.165, 1.54) is 0 Å². The van der Waals surface area contributed by atoms with Gasteiger partial charge in [-0.2, -0.15) is 0 Å². The second kappa shape index (κ2) is 6.71. The third-order valence-electron chi connectivity index (χ3n) is 4.10. The van der Waals surface area contributed by atoms with Gasteiger partial charge in [0.1, 0.15) is 0 Å². The molecule has 1 N–H and O–H groups in total. The van der Waals surface area contributed by atoms with Crippen molar-refractivity contribution in [2.24, 2.45) is 0 Å². The minimum atomic E-state index is -0.224. The first-order valence-electron chi connectivity index (χ1n) is 7.62. The fraction of sp³-hybridized carbons (Fsp3) is 0.688. The van der Waals surface area contributed by atoms with E-state index in [0.717, 1.165) is 19.4 Å². The number of ether oxygens (including phenoxy) is 1. The molecule has 2 rings (SSSR count). The lowest BCUT2D eigenvalue weighted by molar-refractivity contribution is -0.00494. The van der Waals surface area contributed by atoms with Crippen LogP contribution in [0.3, 0.4) is 0 Å². The van der Waals surface area contributed by atoms with Crippen molar-refractivity contribution < 1.29 is 9.13 Å². The Hall–Kier alpha value is -1.20. The van der Waals surface area contributed by atoms with Crippen LogP contribution in [-0.2, 0) is 11.3 Å². The van der Waals surface area contributed by atoms with Crippen LogP contribution in [0.2, 0.25) is 0 Å². The fourth-order valence-electron chi connectivity index (χ4n) is 2.70. The molecule has 0 spiro atoms. The van der Waals surface area contributed by atoms with E-state index in [1.807, 2.05) is 4.90 Å². The maximum Gasteiger partial charge on any atom is 0.170 e. The summed E-state index contributed by atoms with van der Waals surface area (Å²) >= 11 is 0. The number of nitrogens with zero attached hydrogens (tertiary/aromatic N) is 2. The summed E-state index contributed by atoms with van der Waals surface area (Å²) in [6.45, 7) is 8.19. The number of aromatic nitrogens is 1. The quantitative estimate of drug-likeness (QED) is 0.906. The van der Waals surface area contributed by atoms with Gasteiger partial charge in [0.05, 0.1) is 5.60 Å². The summed E-state index contributed by atoms with van der Waals surface area (Å²) in [4.78, 5) is 6.26. The van der Waals surface area contributed by atoms with Crippen molar-refractivity contribution in [2.75, 3.05) is 25.1 Å². The van der Waals surface area contributed by atoms with Crippen molar-refractivity contribution in [1.82, 2.24) is 10.3 Å². The first kappa shape index (κ1) is 16.2. The molecule has 5 heteroatoms. The smallest absolute Gasteiger partial charge is 0.170 e. The third-order valence-corrected chi connectivity index (χ3v) is 4.10. The van der Waals surface area contributed by atoms with Crippen LogP contribution in [0.15, 0.2) is 12.3 Å². The summed E-state index contributed by atoms with van der Waals surface area (Å²) < 4.78 is 20.3. The van der Waals surface area contributed by atoms with Crippen molar-refractivity contribution >= 4 is 5.82 Å². The number of halogens is 1. The van der Waals surface area contributed by atoms with Gasteiger partial charge in [-0.15, -0.1) is 0 Å². The topological polar surface area (TPSA) is 37.4 Å². The molecule has 1 aliphatic heterocycles. The summed E-state index contributed by atoms with van der Waals surface area (Å²) in [6.07, 6.45) is 3.67. The second-order valence-electron chi connectivity index (χ2n) is 6.32. The summed E-state index contributed by atoms with van der Waals surface area (Å²) in [5.41, 5.74) is 0.442. The molecule has 21 heavy (non-hydrogen) atoms. The Labute approximate surface area is 126 Å². The molecule has 1 unspecified atom stereocenters. The molecule has 1 fully saturated rings. The van der Waals surface area contributed by atoms with Gasteiger partial charge in [-0.1, -0.05) is 13.8 Å². The Kier molecular flexibility index (Phi) is 5.17. The molecule has 0 saturated carbocycles. The predicted octanol–water partition coefficient (Wildman–Crippen LogP) is 2.72. The summed E-state index contributed by atoms with van der Waals surface area (Å²) in [5.74, 6) is 0.229. The number of pyridine rings is 1. The summed E-state index contributed by atoms with van der Waals surface area (Å²) in [6, 6.07) is 2.07. The molecule has 1 aromatic heterocycles. The molecular weight excluding hydrogens is 269 g/mol. The first-order valence-corrected chi connectivity index (χ1v) is 7.62. The lowest BCUT2D eigenvalue weighted by Crippen LogP contribution is -2.48. The van der Waals surface area contributed by atoms with Crippen LogP contribution in [0.1, 0.15) is 39.2 Å². The van der Waals surface area contributed by atoms with E-state index in [4.69, 9.17) is 4.74 Å². The Morgan fingerprint density at radius 3 is 2.95 bits per heavy atom. The molecule has 0 bridgehead atoms. The Morgan fingerprint density at radius 2 is 2.29 bits per heavy atom. The monoisotopic (exact) mass is 295 g/mol. The summed E-state index contributed by atoms with van der Waals surface area (Å²) in [7, 11) is 1.72. The molecule has 1 aliphatic rings. The minimum absolute atomic E-state index is 0.217. The zero-order valence-corrected chi connectivity index (χ0v) is 13.4. The molecule has 0 radical (unpaired) electrons. The fourth-order valence-corrected chi connectivity index (χ4v) is 2.70. The molecule has 4 nitrogen and oxygen atoms in total. The van der Waals surface area contributed by atoms with Crippen molar-refractivity contribution in [2.45, 2.75) is 51.8 Å². The highest BCUT2D eigenvalue weighted by Gasteiger charge is 2.32. The number of nitrogens with one attached hydrogen (secondary N) is 1. The number of hydrogen-bond donors (Lipinski definition) is 1. The Morgan fingerprint density at radius 1 is 1.52 bits per heavy atom. The highest BCUT2D eigenvalue weighted by Crippen LogP contribution is 2.29. The van der Waals surface area contributed by atoms with Crippen molar-refractivity contribution in [3.05, 3.63) is 23.6 Å². The van der Waals surface area contributed by atoms with E-state index < -0.39 is 0 Å². The van der Waals surface area contributed by atoms with E-state index in [2.05, 4.69) is 31.1 Å². The lowest BCUT2D eigenvalue weighted by Gasteiger charge is -2.40. The van der Waals surface area contributed by atoms with Crippen LogP contribution in [0, 0.1) is 5.82 Å². The van der Waals surface area contributed by atoms with E-state index in [0.29, 0.717) is 30.5 Å². The zero-order valence-electron chi connectivity index (χ0n) is 13.4. The van der Waals surface area contributed by atoms with Gasteiger partial charge < -0.3 is 15.0 Å². The maximum atomic E-state index is 14.7. The standard InChI is InChI=1S/C16H26FN3O/c1-12(2)19-10-13-6-8-18-15(14(13)17)20-9-5-7-16(3,11-20)21-4/h6,8,12,19H,5,7,9-11H2,1-4H3. The molecule has 118 valence electrons. The second-order valence-corrected chi connectivity index (χ2v) is 6.32. The van der Waals surface area contributed by atoms with Crippen LogP contribution in [-0.4, -0.2) is 36.8 Å². The van der Waals surface area contributed by atoms with Gasteiger partial charge in [0.25, 0.3) is 0 Å². The normalized spacial score (nSPS) is 22.9. The van der Waals surface area contributed by atoms with Crippen LogP contribution in [0.5, 0.6) is 0 Å². The zero-order chi connectivity index (χ0) is 15.5. The Balaban J connectivity index is 2.18. The van der Waals surface area contributed by atoms with Crippen molar-refractivity contribution in [3.63, 3.8) is 0 Å². The number of piperidine rings is 1. The van der Waals surface area contributed by atoms with E-state index >= 15 is 0 Å². The minimum Gasteiger partial charge on any atom is -0.377 e. The average Bonchev–Trinajstić information content (AvgIpc) is 2.46. The number of anilines is 1. The van der Waals surface area contributed by atoms with E-state index in [-0.39, 0.29) is 11.4 Å². The predicted molar refractivity (Wildman–Crippen MR) is 83.0 cm³/mol. The lowest BCUT2D eigenvalue weighted by atomic mass is 9.94. The van der Waals surface area contributed by atoms with Crippen LogP contribution in [0.25, 0.3) is 0 Å². The molecular formula is C16H26FN3O. The highest BCUT2D eigenvalue weighted by atomic mass is 19.1. The number of rotatable bonds is 5. The van der Waals surface area contributed by atoms with Crippen molar-refractivity contribution in [1.29, 1.82) is 0 Å². The SMILES string of the molecule is COC1(C)CCCN(c2nccc(CNC(C)C)c2F)C1. The van der Waals surface area contributed by atoms with Gasteiger partial charge in [-0.05, 0) is 25.8 Å². The van der Waals surface area contributed by atoms with Gasteiger partial charge in [0.15, 0.2) is 11.6 Å². The largest absolute Gasteiger partial charge is 0.377 e. The van der Waals surface area contributed by atoms with Gasteiger partial charge >= 0.3 is 0 Å². The first-order chi connectivity index (χ1) is 9.95. The molecule has 1 saturated heterocycles. The van der Waals surface area contributed by atoms with Crippen LogP contribution < -0.4 is 10.2 Å². The molecule has 0 aromatic carbocycles. The van der Waals surface area contributed by atoms with Gasteiger partial charge in [-0.3, -0.25) is 0 Å². The molecule has 1 atom stereocenters. The van der Waals surface area contributed by atoms with Gasteiger partial charge in [0, 0.05) is 44.5 Å². The average molecular weight is 295 g/mol. The molecule has 1 aromatic rings. The maximum absolute atomic E-state index is 14.7. The highest BCUT2D eigenvalue weighted by molar-refractivity contribution is 5.44. The Bertz CT molecular complexity index is 481. The number of hydrogen-bond acceptors (Lipinski definition) is 4. The number of methoxy groups -OCH3 is 1. The van der Waals surface area contributed by atoms with Gasteiger partial charge in [-0.25, -0.2) is 9.37 Å². The van der Waals surface area contributed by atoms with Gasteiger partial charge in [0.2, 0.25) is 0 Å². The van der Waals surface area contributed by atoms with E-state index in [1.54, 1.807) is 19.4 Å².